The lowest BCUT2D eigenvalue weighted by Gasteiger charge is -2.36. The van der Waals surface area contributed by atoms with Crippen molar-refractivity contribution < 1.29 is 13.2 Å². The van der Waals surface area contributed by atoms with E-state index in [0.717, 1.165) is 38.5 Å². The van der Waals surface area contributed by atoms with E-state index in [1.807, 2.05) is 0 Å². The van der Waals surface area contributed by atoms with Crippen LogP contribution in [0.2, 0.25) is 0 Å². The van der Waals surface area contributed by atoms with Gasteiger partial charge >= 0.3 is 0 Å². The van der Waals surface area contributed by atoms with Crippen molar-refractivity contribution >= 4 is 15.8 Å². The van der Waals surface area contributed by atoms with Crippen LogP contribution in [0.15, 0.2) is 0 Å². The SMILES string of the molecule is CC1(C)[C@H]2CC[C@]1(CS(=O)(=O)NC1CCCCCCC1)C(=O)C2. The fourth-order valence-corrected chi connectivity index (χ4v) is 7.46. The quantitative estimate of drug-likeness (QED) is 0.852. The molecule has 3 saturated carbocycles. The standard InChI is InChI=1S/C18H31NO3S/c1-17(2)14-10-11-18(17,16(20)12-14)13-23(21,22)19-15-8-6-4-3-5-7-9-15/h14-15,19H,3-13H2,1-2H3/t14-,18-/m0/s1. The monoisotopic (exact) mass is 341 g/mol. The molecule has 3 aliphatic rings. The van der Waals surface area contributed by atoms with Crippen molar-refractivity contribution in [3.05, 3.63) is 0 Å². The first-order valence-electron chi connectivity index (χ1n) is 9.30. The highest BCUT2D eigenvalue weighted by molar-refractivity contribution is 7.89. The lowest BCUT2D eigenvalue weighted by atomic mass is 9.70. The van der Waals surface area contributed by atoms with Crippen molar-refractivity contribution in [2.24, 2.45) is 16.7 Å². The Kier molecular flexibility index (Phi) is 4.65. The Morgan fingerprint density at radius 2 is 1.65 bits per heavy atom. The second kappa shape index (κ2) is 6.14. The smallest absolute Gasteiger partial charge is 0.212 e. The van der Waals surface area contributed by atoms with E-state index in [-0.39, 0.29) is 23.0 Å². The summed E-state index contributed by atoms with van der Waals surface area (Å²) in [4.78, 5) is 12.6. The van der Waals surface area contributed by atoms with Crippen molar-refractivity contribution in [2.45, 2.75) is 84.1 Å². The van der Waals surface area contributed by atoms with Crippen LogP contribution in [-0.4, -0.2) is 26.0 Å². The summed E-state index contributed by atoms with van der Waals surface area (Å²) in [6.45, 7) is 4.20. The fourth-order valence-electron chi connectivity index (χ4n) is 5.30. The Labute approximate surface area is 140 Å². The molecular formula is C18H31NO3S. The zero-order valence-electron chi connectivity index (χ0n) is 14.6. The van der Waals surface area contributed by atoms with E-state index in [2.05, 4.69) is 18.6 Å². The minimum Gasteiger partial charge on any atom is -0.299 e. The maximum absolute atomic E-state index is 12.8. The number of ketones is 1. The van der Waals surface area contributed by atoms with Crippen LogP contribution in [0.5, 0.6) is 0 Å². The lowest BCUT2D eigenvalue weighted by Crippen LogP contribution is -2.47. The number of hydrogen-bond acceptors (Lipinski definition) is 3. The summed E-state index contributed by atoms with van der Waals surface area (Å²) < 4.78 is 28.6. The molecule has 0 aromatic carbocycles. The molecular weight excluding hydrogens is 310 g/mol. The molecule has 132 valence electrons. The highest BCUT2D eigenvalue weighted by Crippen LogP contribution is 2.64. The highest BCUT2D eigenvalue weighted by atomic mass is 32.2. The third-order valence-electron chi connectivity index (χ3n) is 7.03. The number of hydrogen-bond donors (Lipinski definition) is 1. The van der Waals surface area contributed by atoms with Gasteiger partial charge in [-0.2, -0.15) is 0 Å². The number of nitrogens with one attached hydrogen (secondary N) is 1. The van der Waals surface area contributed by atoms with Gasteiger partial charge in [0.15, 0.2) is 0 Å². The topological polar surface area (TPSA) is 63.2 Å². The average Bonchev–Trinajstić information content (AvgIpc) is 2.75. The van der Waals surface area contributed by atoms with E-state index in [0.29, 0.717) is 12.3 Å². The molecule has 4 nitrogen and oxygen atoms in total. The van der Waals surface area contributed by atoms with Crippen LogP contribution in [0.25, 0.3) is 0 Å². The Morgan fingerprint density at radius 1 is 1.04 bits per heavy atom. The lowest BCUT2D eigenvalue weighted by molar-refractivity contribution is -0.128. The van der Waals surface area contributed by atoms with E-state index in [9.17, 15) is 13.2 Å². The minimum absolute atomic E-state index is 0.00116. The number of fused-ring (bicyclic) bond motifs is 2. The van der Waals surface area contributed by atoms with Crippen LogP contribution in [-0.2, 0) is 14.8 Å². The molecule has 5 heteroatoms. The first-order valence-corrected chi connectivity index (χ1v) is 11.0. The summed E-state index contributed by atoms with van der Waals surface area (Å²) in [7, 11) is -3.41. The summed E-state index contributed by atoms with van der Waals surface area (Å²) in [6.07, 6.45) is 10.1. The third kappa shape index (κ3) is 3.11. The van der Waals surface area contributed by atoms with Gasteiger partial charge in [0, 0.05) is 17.9 Å². The summed E-state index contributed by atoms with van der Waals surface area (Å²) in [5, 5.41) is 0. The van der Waals surface area contributed by atoms with Gasteiger partial charge in [-0.15, -0.1) is 0 Å². The molecule has 0 aromatic heterocycles. The molecule has 3 rings (SSSR count). The first kappa shape index (κ1) is 17.4. The molecule has 0 heterocycles. The summed E-state index contributed by atoms with van der Waals surface area (Å²) in [5.41, 5.74) is -0.828. The molecule has 2 atom stereocenters. The number of carbonyl (C=O) groups excluding carboxylic acids is 1. The van der Waals surface area contributed by atoms with Gasteiger partial charge < -0.3 is 0 Å². The molecule has 2 bridgehead atoms. The van der Waals surface area contributed by atoms with Crippen molar-refractivity contribution in [3.8, 4) is 0 Å². The first-order chi connectivity index (χ1) is 10.8. The van der Waals surface area contributed by atoms with Gasteiger partial charge in [0.1, 0.15) is 5.78 Å². The normalized spacial score (nSPS) is 35.2. The molecule has 3 fully saturated rings. The highest BCUT2D eigenvalue weighted by Gasteiger charge is 2.65. The van der Waals surface area contributed by atoms with Gasteiger partial charge in [-0.05, 0) is 37.0 Å². The summed E-state index contributed by atoms with van der Waals surface area (Å²) in [5.74, 6) is 0.548. The summed E-state index contributed by atoms with van der Waals surface area (Å²) >= 11 is 0. The van der Waals surface area contributed by atoms with E-state index in [1.165, 1.54) is 19.3 Å². The zero-order chi connectivity index (χ0) is 16.7. The summed E-state index contributed by atoms with van der Waals surface area (Å²) in [6, 6.07) is 0.0634. The largest absolute Gasteiger partial charge is 0.299 e. The van der Waals surface area contributed by atoms with Crippen molar-refractivity contribution in [2.75, 3.05) is 5.75 Å². The zero-order valence-corrected chi connectivity index (χ0v) is 15.4. The van der Waals surface area contributed by atoms with Crippen LogP contribution in [0.3, 0.4) is 0 Å². The van der Waals surface area contributed by atoms with Crippen LogP contribution in [0.4, 0.5) is 0 Å². The Morgan fingerprint density at radius 3 is 2.17 bits per heavy atom. The van der Waals surface area contributed by atoms with Crippen molar-refractivity contribution in [1.82, 2.24) is 4.72 Å². The van der Waals surface area contributed by atoms with Crippen LogP contribution >= 0.6 is 0 Å². The molecule has 0 radical (unpaired) electrons. The number of rotatable bonds is 4. The van der Waals surface area contributed by atoms with Gasteiger partial charge in [-0.25, -0.2) is 13.1 Å². The molecule has 0 unspecified atom stereocenters. The molecule has 0 spiro atoms. The van der Waals surface area contributed by atoms with E-state index < -0.39 is 15.4 Å². The van der Waals surface area contributed by atoms with Gasteiger partial charge in [0.2, 0.25) is 10.0 Å². The molecule has 0 saturated heterocycles. The van der Waals surface area contributed by atoms with Gasteiger partial charge in [0.05, 0.1) is 5.75 Å². The predicted molar refractivity (Wildman–Crippen MR) is 91.6 cm³/mol. The molecule has 3 aliphatic carbocycles. The Bertz CT molecular complexity index is 561. The molecule has 0 aliphatic heterocycles. The number of Topliss-reactive ketones (excluding diaryl/α,β-unsaturated/α-hetero) is 1. The Balaban J connectivity index is 1.72. The fraction of sp³-hybridized carbons (Fsp3) is 0.944. The minimum atomic E-state index is -3.41. The van der Waals surface area contributed by atoms with Crippen LogP contribution in [0, 0.1) is 16.7 Å². The molecule has 23 heavy (non-hydrogen) atoms. The maximum Gasteiger partial charge on any atom is 0.212 e. The molecule has 0 amide bonds. The third-order valence-corrected chi connectivity index (χ3v) is 8.59. The maximum atomic E-state index is 12.8. The second-order valence-corrected chi connectivity index (χ2v) is 10.3. The second-order valence-electron chi connectivity index (χ2n) is 8.59. The van der Waals surface area contributed by atoms with Crippen molar-refractivity contribution in [1.29, 1.82) is 0 Å². The van der Waals surface area contributed by atoms with Gasteiger partial charge in [0.25, 0.3) is 0 Å². The van der Waals surface area contributed by atoms with Gasteiger partial charge in [-0.1, -0.05) is 46.0 Å². The predicted octanol–water partition coefficient (Wildman–Crippen LogP) is 3.41. The number of sulfonamides is 1. The van der Waals surface area contributed by atoms with E-state index >= 15 is 0 Å². The van der Waals surface area contributed by atoms with Crippen LogP contribution < -0.4 is 4.72 Å². The number of carbonyl (C=O) groups is 1. The van der Waals surface area contributed by atoms with E-state index in [1.54, 1.807) is 0 Å². The molecule has 0 aromatic rings. The van der Waals surface area contributed by atoms with E-state index in [4.69, 9.17) is 0 Å². The van der Waals surface area contributed by atoms with Crippen molar-refractivity contribution in [3.63, 3.8) is 0 Å². The molecule has 1 N–H and O–H groups in total. The Hall–Kier alpha value is -0.420. The van der Waals surface area contributed by atoms with Gasteiger partial charge in [-0.3, -0.25) is 4.79 Å². The average molecular weight is 342 g/mol. The van der Waals surface area contributed by atoms with Crippen LogP contribution in [0.1, 0.15) is 78.1 Å².